The van der Waals surface area contributed by atoms with Crippen molar-refractivity contribution in [1.82, 2.24) is 20.2 Å². The monoisotopic (exact) mass is 362 g/mol. The Kier molecular flexibility index (Phi) is 4.15. The number of halogens is 2. The van der Waals surface area contributed by atoms with Crippen molar-refractivity contribution in [3.05, 3.63) is 58.3 Å². The molecule has 1 aromatic heterocycles. The summed E-state index contributed by atoms with van der Waals surface area (Å²) < 4.78 is 19.0. The van der Waals surface area contributed by atoms with Crippen LogP contribution in [-0.2, 0) is 6.54 Å². The Labute approximate surface area is 134 Å². The van der Waals surface area contributed by atoms with Gasteiger partial charge in [0.05, 0.1) is 18.1 Å². The minimum atomic E-state index is -0.292. The predicted molar refractivity (Wildman–Crippen MR) is 83.0 cm³/mol. The lowest BCUT2D eigenvalue weighted by Crippen LogP contribution is -2.04. The van der Waals surface area contributed by atoms with Gasteiger partial charge in [-0.25, -0.2) is 4.39 Å². The molecule has 0 aliphatic rings. The molecule has 0 aliphatic heterocycles. The van der Waals surface area contributed by atoms with Gasteiger partial charge in [-0.1, -0.05) is 6.07 Å². The average molecular weight is 363 g/mol. The molecule has 0 spiro atoms. The zero-order valence-electron chi connectivity index (χ0n) is 11.7. The van der Waals surface area contributed by atoms with Gasteiger partial charge >= 0.3 is 0 Å². The Morgan fingerprint density at radius 2 is 1.95 bits per heavy atom. The van der Waals surface area contributed by atoms with Crippen molar-refractivity contribution in [2.45, 2.75) is 6.54 Å². The second kappa shape index (κ2) is 6.23. The van der Waals surface area contributed by atoms with Crippen molar-refractivity contribution in [3.63, 3.8) is 0 Å². The highest BCUT2D eigenvalue weighted by Crippen LogP contribution is 2.25. The third-order valence-corrected chi connectivity index (χ3v) is 3.72. The first-order chi connectivity index (χ1) is 10.7. The normalized spacial score (nSPS) is 10.7. The molecule has 1 heterocycles. The standard InChI is InChI=1S/C15H12BrFN4O/c1-22-14-7-2-10(8-13(14)16)9-21-19-15(18-20-21)11-3-5-12(17)6-4-11/h2-8H,9H2,1H3. The molecule has 22 heavy (non-hydrogen) atoms. The Hall–Kier alpha value is -2.28. The van der Waals surface area contributed by atoms with E-state index in [4.69, 9.17) is 4.74 Å². The van der Waals surface area contributed by atoms with Gasteiger partial charge < -0.3 is 4.74 Å². The first-order valence-corrected chi connectivity index (χ1v) is 7.31. The SMILES string of the molecule is COc1ccc(Cn2nnc(-c3ccc(F)cc3)n2)cc1Br. The molecule has 3 rings (SSSR count). The van der Waals surface area contributed by atoms with E-state index in [0.29, 0.717) is 12.4 Å². The minimum Gasteiger partial charge on any atom is -0.496 e. The molecule has 0 bridgehead atoms. The molecule has 0 unspecified atom stereocenters. The van der Waals surface area contributed by atoms with E-state index < -0.39 is 0 Å². The molecule has 0 fully saturated rings. The molecule has 0 amide bonds. The summed E-state index contributed by atoms with van der Waals surface area (Å²) >= 11 is 3.44. The van der Waals surface area contributed by atoms with E-state index >= 15 is 0 Å². The average Bonchev–Trinajstić information content (AvgIpc) is 2.97. The van der Waals surface area contributed by atoms with Crippen LogP contribution in [0.15, 0.2) is 46.9 Å². The van der Waals surface area contributed by atoms with Crippen LogP contribution in [0.25, 0.3) is 11.4 Å². The van der Waals surface area contributed by atoms with Crippen molar-refractivity contribution in [3.8, 4) is 17.1 Å². The summed E-state index contributed by atoms with van der Waals surface area (Å²) in [6.45, 7) is 0.483. The van der Waals surface area contributed by atoms with E-state index in [-0.39, 0.29) is 5.82 Å². The summed E-state index contributed by atoms with van der Waals surface area (Å²) in [5.74, 6) is 0.939. The van der Waals surface area contributed by atoms with Crippen molar-refractivity contribution in [1.29, 1.82) is 0 Å². The maximum Gasteiger partial charge on any atom is 0.204 e. The van der Waals surface area contributed by atoms with Crippen LogP contribution < -0.4 is 4.74 Å². The molecule has 7 heteroatoms. The Morgan fingerprint density at radius 3 is 2.64 bits per heavy atom. The summed E-state index contributed by atoms with van der Waals surface area (Å²) in [4.78, 5) is 1.49. The summed E-state index contributed by atoms with van der Waals surface area (Å²) in [6.07, 6.45) is 0. The number of nitrogens with zero attached hydrogens (tertiary/aromatic N) is 4. The highest BCUT2D eigenvalue weighted by Gasteiger charge is 2.08. The Bertz CT molecular complexity index is 788. The van der Waals surface area contributed by atoms with E-state index in [1.807, 2.05) is 18.2 Å². The zero-order chi connectivity index (χ0) is 15.5. The van der Waals surface area contributed by atoms with Crippen LogP contribution in [0.4, 0.5) is 4.39 Å². The van der Waals surface area contributed by atoms with Crippen LogP contribution >= 0.6 is 15.9 Å². The number of tetrazole rings is 1. The maximum atomic E-state index is 12.9. The predicted octanol–water partition coefficient (Wildman–Crippen LogP) is 3.30. The largest absolute Gasteiger partial charge is 0.496 e. The summed E-state index contributed by atoms with van der Waals surface area (Å²) in [6, 6.07) is 11.7. The molecule has 0 N–H and O–H groups in total. The number of hydrogen-bond donors (Lipinski definition) is 0. The second-order valence-corrected chi connectivity index (χ2v) is 5.47. The van der Waals surface area contributed by atoms with Gasteiger partial charge in [0.2, 0.25) is 5.82 Å². The van der Waals surface area contributed by atoms with Gasteiger partial charge in [-0.15, -0.1) is 10.2 Å². The summed E-state index contributed by atoms with van der Waals surface area (Å²) in [5.41, 5.74) is 1.74. The van der Waals surface area contributed by atoms with E-state index in [0.717, 1.165) is 21.3 Å². The third kappa shape index (κ3) is 3.14. The minimum absolute atomic E-state index is 0.292. The van der Waals surface area contributed by atoms with Crippen LogP contribution in [-0.4, -0.2) is 27.3 Å². The van der Waals surface area contributed by atoms with Crippen LogP contribution in [0.1, 0.15) is 5.56 Å². The molecule has 2 aromatic carbocycles. The highest BCUT2D eigenvalue weighted by molar-refractivity contribution is 9.10. The van der Waals surface area contributed by atoms with Crippen molar-refractivity contribution in [2.75, 3.05) is 7.11 Å². The first-order valence-electron chi connectivity index (χ1n) is 6.52. The van der Waals surface area contributed by atoms with Gasteiger partial charge in [0.25, 0.3) is 0 Å². The summed E-state index contributed by atoms with van der Waals surface area (Å²) in [5, 5.41) is 12.3. The number of benzene rings is 2. The lowest BCUT2D eigenvalue weighted by atomic mass is 10.2. The fraction of sp³-hybridized carbons (Fsp3) is 0.133. The van der Waals surface area contributed by atoms with Crippen molar-refractivity contribution < 1.29 is 9.13 Å². The van der Waals surface area contributed by atoms with Crippen molar-refractivity contribution >= 4 is 15.9 Å². The number of hydrogen-bond acceptors (Lipinski definition) is 4. The van der Waals surface area contributed by atoms with Gasteiger partial charge in [0.15, 0.2) is 0 Å². The lowest BCUT2D eigenvalue weighted by molar-refractivity contribution is 0.412. The fourth-order valence-electron chi connectivity index (χ4n) is 2.00. The fourth-order valence-corrected chi connectivity index (χ4v) is 2.58. The highest BCUT2D eigenvalue weighted by atomic mass is 79.9. The van der Waals surface area contributed by atoms with E-state index in [1.54, 1.807) is 19.2 Å². The van der Waals surface area contributed by atoms with E-state index in [9.17, 15) is 4.39 Å². The maximum absolute atomic E-state index is 12.9. The van der Waals surface area contributed by atoms with Gasteiger partial charge in [0.1, 0.15) is 11.6 Å². The van der Waals surface area contributed by atoms with Gasteiger partial charge in [-0.3, -0.25) is 0 Å². The molecule has 5 nitrogen and oxygen atoms in total. The number of methoxy groups -OCH3 is 1. The lowest BCUT2D eigenvalue weighted by Gasteiger charge is -2.05. The Balaban J connectivity index is 1.79. The zero-order valence-corrected chi connectivity index (χ0v) is 13.3. The van der Waals surface area contributed by atoms with Gasteiger partial charge in [-0.05, 0) is 63.1 Å². The smallest absolute Gasteiger partial charge is 0.204 e. The van der Waals surface area contributed by atoms with Crippen LogP contribution in [0.2, 0.25) is 0 Å². The second-order valence-electron chi connectivity index (χ2n) is 4.62. The molecule has 112 valence electrons. The van der Waals surface area contributed by atoms with Crippen LogP contribution in [0.3, 0.4) is 0 Å². The van der Waals surface area contributed by atoms with Gasteiger partial charge in [-0.2, -0.15) is 4.80 Å². The topological polar surface area (TPSA) is 52.8 Å². The number of rotatable bonds is 4. The molecule has 0 atom stereocenters. The van der Waals surface area contributed by atoms with Gasteiger partial charge in [0, 0.05) is 5.56 Å². The Morgan fingerprint density at radius 1 is 1.18 bits per heavy atom. The van der Waals surface area contributed by atoms with Crippen LogP contribution in [0.5, 0.6) is 5.75 Å². The number of ether oxygens (including phenoxy) is 1. The third-order valence-electron chi connectivity index (χ3n) is 3.10. The first kappa shape index (κ1) is 14.6. The molecule has 0 saturated heterocycles. The van der Waals surface area contributed by atoms with E-state index in [1.165, 1.54) is 16.9 Å². The molecule has 0 radical (unpaired) electrons. The molecule has 0 aliphatic carbocycles. The van der Waals surface area contributed by atoms with Crippen LogP contribution in [0, 0.1) is 5.82 Å². The van der Waals surface area contributed by atoms with Crippen molar-refractivity contribution in [2.24, 2.45) is 0 Å². The molecular weight excluding hydrogens is 351 g/mol. The van der Waals surface area contributed by atoms with E-state index in [2.05, 4.69) is 31.3 Å². The summed E-state index contributed by atoms with van der Waals surface area (Å²) in [7, 11) is 1.62. The quantitative estimate of drug-likeness (QED) is 0.714. The number of aromatic nitrogens is 4. The molecule has 0 saturated carbocycles. The molecule has 3 aromatic rings. The molecular formula is C15H12BrFN4O.